The van der Waals surface area contributed by atoms with E-state index < -0.39 is 26.5 Å². The number of anilines is 2. The molecule has 1 saturated heterocycles. The lowest BCUT2D eigenvalue weighted by Gasteiger charge is -2.26. The highest BCUT2D eigenvalue weighted by Gasteiger charge is 2.29. The van der Waals surface area contributed by atoms with E-state index in [1.807, 2.05) is 0 Å². The molecule has 0 atom stereocenters. The highest BCUT2D eigenvalue weighted by molar-refractivity contribution is 7.89. The van der Waals surface area contributed by atoms with Gasteiger partial charge in [0.1, 0.15) is 11.5 Å². The van der Waals surface area contributed by atoms with Crippen molar-refractivity contribution < 1.29 is 22.5 Å². The van der Waals surface area contributed by atoms with Crippen molar-refractivity contribution in [3.05, 3.63) is 57.4 Å². The summed E-state index contributed by atoms with van der Waals surface area (Å²) in [6.07, 6.45) is 0. The Balaban J connectivity index is 1.95. The zero-order valence-corrected chi connectivity index (χ0v) is 15.5. The Kier molecular flexibility index (Phi) is 5.61. The number of nitrogens with zero attached hydrogens (tertiary/aromatic N) is 2. The van der Waals surface area contributed by atoms with Crippen molar-refractivity contribution in [2.75, 3.05) is 31.6 Å². The zero-order valence-electron chi connectivity index (χ0n) is 13.9. The minimum Gasteiger partial charge on any atom is -0.379 e. The summed E-state index contributed by atoms with van der Waals surface area (Å²) in [6.45, 7) is 0.910. The summed E-state index contributed by atoms with van der Waals surface area (Å²) in [6, 6.07) is 7.34. The minimum atomic E-state index is -3.87. The fourth-order valence-electron chi connectivity index (χ4n) is 2.59. The van der Waals surface area contributed by atoms with Crippen LogP contribution in [0.1, 0.15) is 0 Å². The molecular weight excluding hydrogens is 401 g/mol. The van der Waals surface area contributed by atoms with Gasteiger partial charge in [0.15, 0.2) is 0 Å². The van der Waals surface area contributed by atoms with Crippen LogP contribution in [0.25, 0.3) is 0 Å². The van der Waals surface area contributed by atoms with Gasteiger partial charge in [-0.15, -0.1) is 0 Å². The van der Waals surface area contributed by atoms with Crippen molar-refractivity contribution in [1.82, 2.24) is 4.31 Å². The van der Waals surface area contributed by atoms with Gasteiger partial charge in [-0.05, 0) is 30.3 Å². The molecule has 27 heavy (non-hydrogen) atoms. The van der Waals surface area contributed by atoms with Crippen LogP contribution in [0.15, 0.2) is 41.3 Å². The van der Waals surface area contributed by atoms with E-state index in [0.717, 1.165) is 12.1 Å². The first-order valence-corrected chi connectivity index (χ1v) is 9.69. The van der Waals surface area contributed by atoms with Gasteiger partial charge < -0.3 is 10.1 Å². The first kappa shape index (κ1) is 19.5. The summed E-state index contributed by atoms with van der Waals surface area (Å²) in [4.78, 5) is 10.6. The van der Waals surface area contributed by atoms with Crippen LogP contribution >= 0.6 is 11.6 Å². The molecular formula is C16H15ClFN3O5S. The van der Waals surface area contributed by atoms with Gasteiger partial charge in [-0.25, -0.2) is 12.8 Å². The summed E-state index contributed by atoms with van der Waals surface area (Å²) in [5.74, 6) is -0.622. The van der Waals surface area contributed by atoms with Gasteiger partial charge in [0.05, 0.1) is 28.1 Å². The third-order valence-corrected chi connectivity index (χ3v) is 6.16. The number of hydrogen-bond donors (Lipinski definition) is 1. The van der Waals surface area contributed by atoms with E-state index in [4.69, 9.17) is 16.3 Å². The molecule has 0 unspecified atom stereocenters. The Labute approximate surface area is 159 Å². The molecule has 1 aliphatic rings. The molecule has 0 aromatic heterocycles. The number of ether oxygens (including phenoxy) is 1. The average molecular weight is 416 g/mol. The Morgan fingerprint density at radius 1 is 1.19 bits per heavy atom. The van der Waals surface area contributed by atoms with Gasteiger partial charge in [-0.2, -0.15) is 4.31 Å². The summed E-state index contributed by atoms with van der Waals surface area (Å²) in [5.41, 5.74) is -0.0401. The molecule has 11 heteroatoms. The van der Waals surface area contributed by atoms with Crippen LogP contribution in [-0.4, -0.2) is 43.9 Å². The molecule has 8 nitrogen and oxygen atoms in total. The molecule has 0 aliphatic carbocycles. The van der Waals surface area contributed by atoms with Crippen LogP contribution in [-0.2, 0) is 14.8 Å². The van der Waals surface area contributed by atoms with E-state index in [1.165, 1.54) is 28.6 Å². The lowest BCUT2D eigenvalue weighted by Crippen LogP contribution is -2.40. The van der Waals surface area contributed by atoms with Crippen LogP contribution < -0.4 is 5.32 Å². The van der Waals surface area contributed by atoms with Gasteiger partial charge in [-0.1, -0.05) is 11.6 Å². The molecule has 1 N–H and O–H groups in total. The number of sulfonamides is 1. The van der Waals surface area contributed by atoms with E-state index in [-0.39, 0.29) is 41.9 Å². The molecule has 144 valence electrons. The molecule has 0 spiro atoms. The molecule has 2 aromatic rings. The van der Waals surface area contributed by atoms with E-state index in [9.17, 15) is 22.9 Å². The van der Waals surface area contributed by atoms with E-state index in [1.54, 1.807) is 0 Å². The summed E-state index contributed by atoms with van der Waals surface area (Å²) in [7, 11) is -3.87. The van der Waals surface area contributed by atoms with Crippen LogP contribution in [0.3, 0.4) is 0 Å². The highest BCUT2D eigenvalue weighted by atomic mass is 35.5. The van der Waals surface area contributed by atoms with Crippen molar-refractivity contribution in [2.45, 2.75) is 4.90 Å². The van der Waals surface area contributed by atoms with Gasteiger partial charge in [-0.3, -0.25) is 10.1 Å². The molecule has 0 saturated carbocycles. The molecule has 1 heterocycles. The van der Waals surface area contributed by atoms with Gasteiger partial charge in [0.25, 0.3) is 5.69 Å². The number of nitro groups is 1. The van der Waals surface area contributed by atoms with Crippen LogP contribution in [0.2, 0.25) is 5.02 Å². The Morgan fingerprint density at radius 2 is 1.89 bits per heavy atom. The SMILES string of the molecule is O=[N+]([O-])c1cc(S(=O)(=O)N2CCOCC2)ccc1Nc1ccc(F)c(Cl)c1. The first-order chi connectivity index (χ1) is 12.8. The topological polar surface area (TPSA) is 102 Å². The van der Waals surface area contributed by atoms with Gasteiger partial charge in [0.2, 0.25) is 10.0 Å². The number of hydrogen-bond acceptors (Lipinski definition) is 6. The molecule has 0 amide bonds. The molecule has 0 radical (unpaired) electrons. The maximum absolute atomic E-state index is 13.3. The third kappa shape index (κ3) is 4.19. The van der Waals surface area contributed by atoms with Crippen molar-refractivity contribution in [3.8, 4) is 0 Å². The molecule has 1 aliphatic heterocycles. The second-order valence-corrected chi connectivity index (χ2v) is 8.05. The lowest BCUT2D eigenvalue weighted by atomic mass is 10.2. The van der Waals surface area contributed by atoms with Crippen LogP contribution in [0.5, 0.6) is 0 Å². The average Bonchev–Trinajstić information content (AvgIpc) is 2.65. The van der Waals surface area contributed by atoms with Crippen LogP contribution in [0.4, 0.5) is 21.5 Å². The Bertz CT molecular complexity index is 980. The van der Waals surface area contributed by atoms with E-state index in [2.05, 4.69) is 5.32 Å². The lowest BCUT2D eigenvalue weighted by molar-refractivity contribution is -0.384. The third-order valence-electron chi connectivity index (χ3n) is 3.97. The number of morpholine rings is 1. The van der Waals surface area contributed by atoms with E-state index >= 15 is 0 Å². The largest absolute Gasteiger partial charge is 0.379 e. The number of benzene rings is 2. The first-order valence-electron chi connectivity index (χ1n) is 7.87. The Morgan fingerprint density at radius 3 is 2.52 bits per heavy atom. The summed E-state index contributed by atoms with van der Waals surface area (Å²) < 4.78 is 45.0. The highest BCUT2D eigenvalue weighted by Crippen LogP contribution is 2.32. The number of rotatable bonds is 5. The van der Waals surface area contributed by atoms with Crippen molar-refractivity contribution in [3.63, 3.8) is 0 Å². The van der Waals surface area contributed by atoms with Crippen molar-refractivity contribution >= 4 is 38.7 Å². The maximum Gasteiger partial charge on any atom is 0.294 e. The normalized spacial score (nSPS) is 15.5. The summed E-state index contributed by atoms with van der Waals surface area (Å²) >= 11 is 5.71. The fourth-order valence-corrected chi connectivity index (χ4v) is 4.20. The predicted molar refractivity (Wildman–Crippen MR) is 97.4 cm³/mol. The second-order valence-electron chi connectivity index (χ2n) is 5.71. The molecule has 3 rings (SSSR count). The second kappa shape index (κ2) is 7.77. The number of halogens is 2. The standard InChI is InChI=1S/C16H15ClFN3O5S/c17-13-9-11(1-3-14(13)18)19-15-4-2-12(10-16(15)21(22)23)27(24,25)20-5-7-26-8-6-20/h1-4,9-10,19H,5-8H2. The Hall–Kier alpha value is -2.27. The molecule has 2 aromatic carbocycles. The smallest absolute Gasteiger partial charge is 0.294 e. The molecule has 1 fully saturated rings. The predicted octanol–water partition coefficient (Wildman–Crippen LogP) is 3.15. The summed E-state index contributed by atoms with van der Waals surface area (Å²) in [5, 5.41) is 14.1. The van der Waals surface area contributed by atoms with Gasteiger partial charge >= 0.3 is 0 Å². The van der Waals surface area contributed by atoms with Crippen LogP contribution in [0, 0.1) is 15.9 Å². The number of nitro benzene ring substituents is 1. The van der Waals surface area contributed by atoms with E-state index in [0.29, 0.717) is 5.69 Å². The fraction of sp³-hybridized carbons (Fsp3) is 0.250. The monoisotopic (exact) mass is 415 g/mol. The molecule has 0 bridgehead atoms. The number of nitrogens with one attached hydrogen (secondary N) is 1. The minimum absolute atomic E-state index is 0.0589. The van der Waals surface area contributed by atoms with Gasteiger partial charge in [0, 0.05) is 24.8 Å². The van der Waals surface area contributed by atoms with Crippen molar-refractivity contribution in [2.24, 2.45) is 0 Å². The van der Waals surface area contributed by atoms with Crippen molar-refractivity contribution in [1.29, 1.82) is 0 Å². The maximum atomic E-state index is 13.3. The quantitative estimate of drug-likeness (QED) is 0.594. The zero-order chi connectivity index (χ0) is 19.6.